The van der Waals surface area contributed by atoms with Gasteiger partial charge >= 0.3 is 0 Å². The smallest absolute Gasteiger partial charge is 0.244 e. The van der Waals surface area contributed by atoms with Crippen LogP contribution in [-0.4, -0.2) is 44.9 Å². The standard InChI is InChI=1S/C10H15N3O2/c14-7-6-13(9-2-3-9)10(15)8-12-5-1-4-11-12/h1,4-5,9,14H,2-3,6-8H2. The molecule has 0 aliphatic heterocycles. The van der Waals surface area contributed by atoms with Gasteiger partial charge in [-0.25, -0.2) is 0 Å². The normalized spacial score (nSPS) is 15.3. The van der Waals surface area contributed by atoms with Gasteiger partial charge in [-0.05, 0) is 18.9 Å². The van der Waals surface area contributed by atoms with Crippen LogP contribution >= 0.6 is 0 Å². The summed E-state index contributed by atoms with van der Waals surface area (Å²) in [5.41, 5.74) is 0. The topological polar surface area (TPSA) is 58.4 Å². The van der Waals surface area contributed by atoms with Crippen molar-refractivity contribution in [1.82, 2.24) is 14.7 Å². The van der Waals surface area contributed by atoms with Crippen LogP contribution in [0.15, 0.2) is 18.5 Å². The fourth-order valence-corrected chi connectivity index (χ4v) is 1.63. The summed E-state index contributed by atoms with van der Waals surface area (Å²) >= 11 is 0. The second kappa shape index (κ2) is 4.44. The molecule has 0 radical (unpaired) electrons. The molecule has 1 heterocycles. The molecular formula is C10H15N3O2. The van der Waals surface area contributed by atoms with Gasteiger partial charge in [0, 0.05) is 25.0 Å². The molecule has 15 heavy (non-hydrogen) atoms. The van der Waals surface area contributed by atoms with Crippen LogP contribution in [0.5, 0.6) is 0 Å². The molecule has 1 N–H and O–H groups in total. The minimum absolute atomic E-state index is 0.0291. The largest absolute Gasteiger partial charge is 0.395 e. The Morgan fingerprint density at radius 2 is 2.40 bits per heavy atom. The Morgan fingerprint density at radius 1 is 1.60 bits per heavy atom. The van der Waals surface area contributed by atoms with Gasteiger partial charge in [0.25, 0.3) is 0 Å². The quantitative estimate of drug-likeness (QED) is 0.734. The first-order valence-electron chi connectivity index (χ1n) is 5.19. The molecule has 1 aliphatic carbocycles. The zero-order valence-electron chi connectivity index (χ0n) is 8.54. The molecule has 0 aromatic carbocycles. The van der Waals surface area contributed by atoms with E-state index in [0.717, 1.165) is 12.8 Å². The van der Waals surface area contributed by atoms with Crippen LogP contribution in [0.1, 0.15) is 12.8 Å². The molecule has 1 aliphatic rings. The molecule has 5 nitrogen and oxygen atoms in total. The van der Waals surface area contributed by atoms with Gasteiger partial charge < -0.3 is 10.0 Å². The Kier molecular flexibility index (Phi) is 3.01. The molecule has 2 rings (SSSR count). The van der Waals surface area contributed by atoms with Crippen molar-refractivity contribution in [2.24, 2.45) is 0 Å². The van der Waals surface area contributed by atoms with E-state index in [1.807, 2.05) is 0 Å². The SMILES string of the molecule is O=C(Cn1cccn1)N(CCO)C1CC1. The first-order valence-corrected chi connectivity index (χ1v) is 5.19. The van der Waals surface area contributed by atoms with Crippen LogP contribution in [0.2, 0.25) is 0 Å². The Labute approximate surface area is 88.3 Å². The van der Waals surface area contributed by atoms with Crippen LogP contribution in [0, 0.1) is 0 Å². The van der Waals surface area contributed by atoms with E-state index in [2.05, 4.69) is 5.10 Å². The van der Waals surface area contributed by atoms with Gasteiger partial charge in [0.15, 0.2) is 0 Å². The van der Waals surface area contributed by atoms with Gasteiger partial charge in [-0.15, -0.1) is 0 Å². The molecule has 1 aromatic rings. The van der Waals surface area contributed by atoms with E-state index in [4.69, 9.17) is 5.11 Å². The molecule has 0 bridgehead atoms. The highest BCUT2D eigenvalue weighted by atomic mass is 16.3. The summed E-state index contributed by atoms with van der Waals surface area (Å²) in [6.07, 6.45) is 5.54. The summed E-state index contributed by atoms with van der Waals surface area (Å²) in [6.45, 7) is 0.732. The fourth-order valence-electron chi connectivity index (χ4n) is 1.63. The second-order valence-corrected chi connectivity index (χ2v) is 3.75. The number of rotatable bonds is 5. The van der Waals surface area contributed by atoms with E-state index in [0.29, 0.717) is 12.6 Å². The van der Waals surface area contributed by atoms with Gasteiger partial charge in [0.05, 0.1) is 6.61 Å². The lowest BCUT2D eigenvalue weighted by molar-refractivity contribution is -0.133. The van der Waals surface area contributed by atoms with Crippen molar-refractivity contribution in [1.29, 1.82) is 0 Å². The van der Waals surface area contributed by atoms with E-state index < -0.39 is 0 Å². The predicted octanol–water partition coefficient (Wildman–Crippen LogP) is -0.134. The number of carbonyl (C=O) groups excluding carboxylic acids is 1. The van der Waals surface area contributed by atoms with Crippen molar-refractivity contribution < 1.29 is 9.90 Å². The Hall–Kier alpha value is -1.36. The summed E-state index contributed by atoms with van der Waals surface area (Å²) in [5, 5.41) is 12.9. The van der Waals surface area contributed by atoms with Crippen LogP contribution < -0.4 is 0 Å². The predicted molar refractivity (Wildman–Crippen MR) is 54.0 cm³/mol. The van der Waals surface area contributed by atoms with Crippen LogP contribution in [0.4, 0.5) is 0 Å². The molecule has 0 unspecified atom stereocenters. The maximum absolute atomic E-state index is 11.8. The molecule has 82 valence electrons. The maximum Gasteiger partial charge on any atom is 0.244 e. The van der Waals surface area contributed by atoms with Crippen molar-refractivity contribution in [2.75, 3.05) is 13.2 Å². The number of carbonyl (C=O) groups is 1. The van der Waals surface area contributed by atoms with Gasteiger partial charge in [-0.1, -0.05) is 0 Å². The summed E-state index contributed by atoms with van der Waals surface area (Å²) < 4.78 is 1.61. The van der Waals surface area contributed by atoms with Crippen LogP contribution in [-0.2, 0) is 11.3 Å². The number of nitrogens with zero attached hydrogens (tertiary/aromatic N) is 3. The highest BCUT2D eigenvalue weighted by Crippen LogP contribution is 2.26. The van der Waals surface area contributed by atoms with Crippen molar-refractivity contribution in [3.05, 3.63) is 18.5 Å². The molecule has 1 saturated carbocycles. The maximum atomic E-state index is 11.8. The van der Waals surface area contributed by atoms with E-state index in [1.54, 1.807) is 28.0 Å². The van der Waals surface area contributed by atoms with Crippen molar-refractivity contribution in [3.63, 3.8) is 0 Å². The van der Waals surface area contributed by atoms with Gasteiger partial charge in [0.2, 0.25) is 5.91 Å². The average Bonchev–Trinajstić information content (AvgIpc) is 2.93. The minimum Gasteiger partial charge on any atom is -0.395 e. The summed E-state index contributed by atoms with van der Waals surface area (Å²) in [5.74, 6) is 0.0373. The lowest BCUT2D eigenvalue weighted by Gasteiger charge is -2.21. The Balaban J connectivity index is 1.92. The first kappa shape index (κ1) is 10.2. The summed E-state index contributed by atoms with van der Waals surface area (Å²) in [4.78, 5) is 13.6. The van der Waals surface area contributed by atoms with Crippen molar-refractivity contribution >= 4 is 5.91 Å². The van der Waals surface area contributed by atoms with Gasteiger partial charge in [-0.2, -0.15) is 5.10 Å². The zero-order chi connectivity index (χ0) is 10.7. The van der Waals surface area contributed by atoms with Crippen LogP contribution in [0.3, 0.4) is 0 Å². The number of hydrogen-bond acceptors (Lipinski definition) is 3. The third-order valence-corrected chi connectivity index (χ3v) is 2.51. The van der Waals surface area contributed by atoms with Crippen LogP contribution in [0.25, 0.3) is 0 Å². The average molecular weight is 209 g/mol. The summed E-state index contributed by atoms with van der Waals surface area (Å²) in [7, 11) is 0. The van der Waals surface area contributed by atoms with Gasteiger partial charge in [-0.3, -0.25) is 9.48 Å². The third kappa shape index (κ3) is 2.56. The molecule has 1 fully saturated rings. The second-order valence-electron chi connectivity index (χ2n) is 3.75. The zero-order valence-corrected chi connectivity index (χ0v) is 8.54. The third-order valence-electron chi connectivity index (χ3n) is 2.51. The number of aliphatic hydroxyl groups excluding tert-OH is 1. The van der Waals surface area contributed by atoms with Gasteiger partial charge in [0.1, 0.15) is 6.54 Å². The molecule has 0 saturated heterocycles. The minimum atomic E-state index is 0.0291. The monoisotopic (exact) mass is 209 g/mol. The van der Waals surface area contributed by atoms with E-state index in [9.17, 15) is 4.79 Å². The van der Waals surface area contributed by atoms with E-state index in [1.165, 1.54) is 0 Å². The molecular weight excluding hydrogens is 194 g/mol. The first-order chi connectivity index (χ1) is 7.31. The molecule has 1 aromatic heterocycles. The lowest BCUT2D eigenvalue weighted by atomic mass is 10.4. The number of aliphatic hydroxyl groups is 1. The van der Waals surface area contributed by atoms with E-state index >= 15 is 0 Å². The lowest BCUT2D eigenvalue weighted by Crippen LogP contribution is -2.37. The number of amides is 1. The highest BCUT2D eigenvalue weighted by Gasteiger charge is 2.31. The number of aromatic nitrogens is 2. The molecule has 1 amide bonds. The fraction of sp³-hybridized carbons (Fsp3) is 0.600. The van der Waals surface area contributed by atoms with Crippen molar-refractivity contribution in [2.45, 2.75) is 25.4 Å². The number of hydrogen-bond donors (Lipinski definition) is 1. The molecule has 5 heteroatoms. The van der Waals surface area contributed by atoms with E-state index in [-0.39, 0.29) is 19.1 Å². The molecule has 0 spiro atoms. The Bertz CT molecular complexity index is 319. The van der Waals surface area contributed by atoms with Crippen molar-refractivity contribution in [3.8, 4) is 0 Å². The summed E-state index contributed by atoms with van der Waals surface area (Å²) in [6, 6.07) is 2.14. The highest BCUT2D eigenvalue weighted by molar-refractivity contribution is 5.76. The molecule has 0 atom stereocenters. The Morgan fingerprint density at radius 3 is 2.93 bits per heavy atom.